The Bertz CT molecular complexity index is 713. The van der Waals surface area contributed by atoms with E-state index < -0.39 is 11.9 Å². The minimum Gasteiger partial charge on any atom is -0.481 e. The zero-order valence-corrected chi connectivity index (χ0v) is 12.2. The Kier molecular flexibility index (Phi) is 4.16. The van der Waals surface area contributed by atoms with Crippen molar-refractivity contribution in [3.05, 3.63) is 35.2 Å². The SMILES string of the molecule is Cc1nc2ccc(C(=O)NCC(C)C(=O)O)cc2nc1C. The van der Waals surface area contributed by atoms with Crippen LogP contribution in [-0.2, 0) is 4.79 Å². The van der Waals surface area contributed by atoms with Crippen LogP contribution in [0.3, 0.4) is 0 Å². The summed E-state index contributed by atoms with van der Waals surface area (Å²) < 4.78 is 0. The van der Waals surface area contributed by atoms with Gasteiger partial charge in [-0.15, -0.1) is 0 Å². The van der Waals surface area contributed by atoms with E-state index in [4.69, 9.17) is 5.11 Å². The number of benzene rings is 1. The van der Waals surface area contributed by atoms with Gasteiger partial charge in [-0.3, -0.25) is 9.59 Å². The number of carbonyl (C=O) groups is 2. The lowest BCUT2D eigenvalue weighted by molar-refractivity contribution is -0.140. The first-order valence-corrected chi connectivity index (χ1v) is 6.64. The van der Waals surface area contributed by atoms with Gasteiger partial charge in [-0.2, -0.15) is 0 Å². The maximum atomic E-state index is 12.0. The van der Waals surface area contributed by atoms with Crippen LogP contribution in [0.2, 0.25) is 0 Å². The number of nitrogens with zero attached hydrogens (tertiary/aromatic N) is 2. The Hall–Kier alpha value is -2.50. The summed E-state index contributed by atoms with van der Waals surface area (Å²) in [5.41, 5.74) is 3.50. The normalized spacial score (nSPS) is 12.1. The predicted octanol–water partition coefficient (Wildman–Crippen LogP) is 1.70. The van der Waals surface area contributed by atoms with Crippen LogP contribution >= 0.6 is 0 Å². The van der Waals surface area contributed by atoms with Gasteiger partial charge in [-0.05, 0) is 32.0 Å². The van der Waals surface area contributed by atoms with Gasteiger partial charge in [0.1, 0.15) is 0 Å². The van der Waals surface area contributed by atoms with Crippen molar-refractivity contribution in [2.75, 3.05) is 6.54 Å². The lowest BCUT2D eigenvalue weighted by Crippen LogP contribution is -2.31. The summed E-state index contributed by atoms with van der Waals surface area (Å²) >= 11 is 0. The van der Waals surface area contributed by atoms with Gasteiger partial charge in [-0.25, -0.2) is 9.97 Å². The summed E-state index contributed by atoms with van der Waals surface area (Å²) in [6.07, 6.45) is 0. The molecule has 2 rings (SSSR count). The van der Waals surface area contributed by atoms with E-state index in [2.05, 4.69) is 15.3 Å². The quantitative estimate of drug-likeness (QED) is 0.892. The van der Waals surface area contributed by atoms with Gasteiger partial charge in [0, 0.05) is 12.1 Å². The minimum atomic E-state index is -0.939. The van der Waals surface area contributed by atoms with Crippen molar-refractivity contribution in [2.24, 2.45) is 5.92 Å². The highest BCUT2D eigenvalue weighted by Gasteiger charge is 2.14. The monoisotopic (exact) mass is 287 g/mol. The fourth-order valence-corrected chi connectivity index (χ4v) is 1.81. The summed E-state index contributed by atoms with van der Waals surface area (Å²) in [4.78, 5) is 31.5. The Labute approximate surface area is 122 Å². The van der Waals surface area contributed by atoms with Crippen LogP contribution in [0.4, 0.5) is 0 Å². The number of hydrogen-bond donors (Lipinski definition) is 2. The molecule has 2 N–H and O–H groups in total. The van der Waals surface area contributed by atoms with E-state index >= 15 is 0 Å². The highest BCUT2D eigenvalue weighted by molar-refractivity contribution is 5.97. The van der Waals surface area contributed by atoms with Crippen LogP contribution in [0.5, 0.6) is 0 Å². The summed E-state index contributed by atoms with van der Waals surface area (Å²) in [7, 11) is 0. The fourth-order valence-electron chi connectivity index (χ4n) is 1.81. The first kappa shape index (κ1) is 14.9. The Morgan fingerprint density at radius 3 is 2.43 bits per heavy atom. The molecule has 2 aromatic rings. The molecule has 1 amide bonds. The number of carboxylic acid groups (broad SMARTS) is 1. The maximum absolute atomic E-state index is 12.0. The molecule has 1 atom stereocenters. The first-order chi connectivity index (χ1) is 9.88. The van der Waals surface area contributed by atoms with E-state index in [9.17, 15) is 9.59 Å². The van der Waals surface area contributed by atoms with E-state index in [1.165, 1.54) is 0 Å². The van der Waals surface area contributed by atoms with Gasteiger partial charge in [0.2, 0.25) is 0 Å². The zero-order chi connectivity index (χ0) is 15.6. The van der Waals surface area contributed by atoms with Crippen molar-refractivity contribution >= 4 is 22.9 Å². The number of hydrogen-bond acceptors (Lipinski definition) is 4. The van der Waals surface area contributed by atoms with Crippen LogP contribution in [0.15, 0.2) is 18.2 Å². The molecule has 0 aliphatic heterocycles. The van der Waals surface area contributed by atoms with Gasteiger partial charge < -0.3 is 10.4 Å². The molecule has 1 heterocycles. The van der Waals surface area contributed by atoms with Gasteiger partial charge in [0.25, 0.3) is 5.91 Å². The molecule has 0 radical (unpaired) electrons. The molecule has 21 heavy (non-hydrogen) atoms. The summed E-state index contributed by atoms with van der Waals surface area (Å²) in [6.45, 7) is 5.38. The Balaban J connectivity index is 2.20. The van der Waals surface area contributed by atoms with Gasteiger partial charge in [0.15, 0.2) is 0 Å². The molecule has 0 saturated heterocycles. The second-order valence-corrected chi connectivity index (χ2v) is 5.05. The van der Waals surface area contributed by atoms with Crippen molar-refractivity contribution in [1.82, 2.24) is 15.3 Å². The molecule has 1 aromatic carbocycles. The first-order valence-electron chi connectivity index (χ1n) is 6.64. The van der Waals surface area contributed by atoms with Crippen molar-refractivity contribution < 1.29 is 14.7 Å². The number of aliphatic carboxylic acids is 1. The lowest BCUT2D eigenvalue weighted by atomic mass is 10.1. The summed E-state index contributed by atoms with van der Waals surface area (Å²) in [5.74, 6) is -1.88. The highest BCUT2D eigenvalue weighted by Crippen LogP contribution is 2.14. The fraction of sp³-hybridized carbons (Fsp3) is 0.333. The standard InChI is InChI=1S/C15H17N3O3/c1-8(15(20)21)7-16-14(19)11-4-5-12-13(6-11)18-10(3)9(2)17-12/h4-6,8H,7H2,1-3H3,(H,16,19)(H,20,21). The molecular formula is C15H17N3O3. The molecule has 0 aliphatic carbocycles. The Morgan fingerprint density at radius 2 is 1.81 bits per heavy atom. The molecule has 0 bridgehead atoms. The third-order valence-electron chi connectivity index (χ3n) is 3.33. The second-order valence-electron chi connectivity index (χ2n) is 5.05. The molecule has 110 valence electrons. The number of amides is 1. The maximum Gasteiger partial charge on any atom is 0.308 e. The molecular weight excluding hydrogens is 270 g/mol. The van der Waals surface area contributed by atoms with Gasteiger partial charge >= 0.3 is 5.97 Å². The van der Waals surface area contributed by atoms with Crippen LogP contribution in [0, 0.1) is 19.8 Å². The van der Waals surface area contributed by atoms with E-state index in [0.717, 1.165) is 16.9 Å². The number of nitrogens with one attached hydrogen (secondary N) is 1. The molecule has 0 fully saturated rings. The van der Waals surface area contributed by atoms with Crippen molar-refractivity contribution in [1.29, 1.82) is 0 Å². The molecule has 1 aromatic heterocycles. The van der Waals surface area contributed by atoms with Crippen LogP contribution in [0.25, 0.3) is 11.0 Å². The minimum absolute atomic E-state index is 0.0881. The number of rotatable bonds is 4. The Morgan fingerprint density at radius 1 is 1.19 bits per heavy atom. The molecule has 6 nitrogen and oxygen atoms in total. The molecule has 0 saturated carbocycles. The number of carboxylic acids is 1. The predicted molar refractivity (Wildman–Crippen MR) is 78.1 cm³/mol. The zero-order valence-electron chi connectivity index (χ0n) is 12.2. The highest BCUT2D eigenvalue weighted by atomic mass is 16.4. The number of aryl methyl sites for hydroxylation is 2. The van der Waals surface area contributed by atoms with Crippen molar-refractivity contribution in [3.63, 3.8) is 0 Å². The average Bonchev–Trinajstić information content (AvgIpc) is 2.45. The van der Waals surface area contributed by atoms with Crippen LogP contribution in [0.1, 0.15) is 28.7 Å². The van der Waals surface area contributed by atoms with E-state index in [1.54, 1.807) is 25.1 Å². The van der Waals surface area contributed by atoms with E-state index in [1.807, 2.05) is 13.8 Å². The van der Waals surface area contributed by atoms with Crippen LogP contribution < -0.4 is 5.32 Å². The molecule has 0 spiro atoms. The van der Waals surface area contributed by atoms with Gasteiger partial charge in [0.05, 0.1) is 28.3 Å². The number of aromatic nitrogens is 2. The molecule has 1 unspecified atom stereocenters. The largest absolute Gasteiger partial charge is 0.481 e. The third-order valence-corrected chi connectivity index (χ3v) is 3.33. The van der Waals surface area contributed by atoms with Crippen LogP contribution in [-0.4, -0.2) is 33.5 Å². The molecule has 6 heteroatoms. The van der Waals surface area contributed by atoms with E-state index in [-0.39, 0.29) is 12.5 Å². The van der Waals surface area contributed by atoms with E-state index in [0.29, 0.717) is 11.1 Å². The summed E-state index contributed by atoms with van der Waals surface area (Å²) in [6, 6.07) is 5.06. The lowest BCUT2D eigenvalue weighted by Gasteiger charge is -2.09. The molecule has 0 aliphatic rings. The summed E-state index contributed by atoms with van der Waals surface area (Å²) in [5, 5.41) is 11.4. The number of carbonyl (C=O) groups excluding carboxylic acids is 1. The third kappa shape index (κ3) is 3.34. The van der Waals surface area contributed by atoms with Gasteiger partial charge in [-0.1, -0.05) is 6.92 Å². The topological polar surface area (TPSA) is 92.2 Å². The smallest absolute Gasteiger partial charge is 0.308 e. The van der Waals surface area contributed by atoms with Crippen molar-refractivity contribution in [2.45, 2.75) is 20.8 Å². The van der Waals surface area contributed by atoms with Crippen molar-refractivity contribution in [3.8, 4) is 0 Å². The second kappa shape index (κ2) is 5.87. The average molecular weight is 287 g/mol. The number of fused-ring (bicyclic) bond motifs is 1.